The Bertz CT molecular complexity index is 1180. The summed E-state index contributed by atoms with van der Waals surface area (Å²) in [6, 6.07) is 7.35. The quantitative estimate of drug-likeness (QED) is 0.701. The van der Waals surface area contributed by atoms with Crippen LogP contribution in [0.3, 0.4) is 0 Å². The number of piperazine rings is 1. The lowest BCUT2D eigenvalue weighted by Gasteiger charge is -2.33. The number of rotatable bonds is 4. The van der Waals surface area contributed by atoms with E-state index in [2.05, 4.69) is 14.9 Å². The molecule has 0 spiro atoms. The van der Waals surface area contributed by atoms with E-state index in [4.69, 9.17) is 0 Å². The molecule has 0 unspecified atom stereocenters. The van der Waals surface area contributed by atoms with E-state index < -0.39 is 10.0 Å². The minimum atomic E-state index is -3.50. The molecule has 0 amide bonds. The van der Waals surface area contributed by atoms with Crippen LogP contribution in [0.1, 0.15) is 17.0 Å². The highest BCUT2D eigenvalue weighted by molar-refractivity contribution is 7.89. The van der Waals surface area contributed by atoms with Crippen molar-refractivity contribution in [2.24, 2.45) is 0 Å². The first-order chi connectivity index (χ1) is 13.3. The molecule has 4 rings (SSSR count). The number of benzene rings is 1. The van der Waals surface area contributed by atoms with Crippen molar-refractivity contribution in [1.29, 1.82) is 0 Å². The molecule has 0 bridgehead atoms. The summed E-state index contributed by atoms with van der Waals surface area (Å²) in [5.74, 6) is 0.613. The number of nitrogens with one attached hydrogen (secondary N) is 1. The van der Waals surface area contributed by atoms with Crippen molar-refractivity contribution in [3.63, 3.8) is 0 Å². The molecule has 1 aromatic carbocycles. The van der Waals surface area contributed by atoms with E-state index in [-0.39, 0.29) is 5.56 Å². The van der Waals surface area contributed by atoms with Gasteiger partial charge in [0.25, 0.3) is 5.56 Å². The molecule has 0 radical (unpaired) electrons. The second-order valence-electron chi connectivity index (χ2n) is 7.10. The maximum atomic E-state index is 13.0. The van der Waals surface area contributed by atoms with Crippen LogP contribution in [0.2, 0.25) is 0 Å². The predicted molar refractivity (Wildman–Crippen MR) is 110 cm³/mol. The highest BCUT2D eigenvalue weighted by Gasteiger charge is 2.29. The van der Waals surface area contributed by atoms with Crippen LogP contribution in [0.5, 0.6) is 0 Å². The Morgan fingerprint density at radius 2 is 1.89 bits per heavy atom. The van der Waals surface area contributed by atoms with Gasteiger partial charge in [0.2, 0.25) is 10.0 Å². The van der Waals surface area contributed by atoms with Crippen LogP contribution in [0, 0.1) is 13.8 Å². The van der Waals surface area contributed by atoms with Crippen LogP contribution < -0.4 is 5.56 Å². The van der Waals surface area contributed by atoms with E-state index in [1.807, 2.05) is 37.4 Å². The lowest BCUT2D eigenvalue weighted by Crippen LogP contribution is -2.48. The van der Waals surface area contributed by atoms with Crippen LogP contribution in [-0.4, -0.2) is 53.8 Å². The van der Waals surface area contributed by atoms with Crippen LogP contribution in [0.4, 0.5) is 0 Å². The maximum Gasteiger partial charge on any atom is 0.268 e. The van der Waals surface area contributed by atoms with Crippen LogP contribution >= 0.6 is 11.3 Å². The van der Waals surface area contributed by atoms with Gasteiger partial charge in [-0.15, -0.1) is 11.3 Å². The molecule has 1 saturated heterocycles. The number of aromatic amines is 1. The largest absolute Gasteiger partial charge is 0.308 e. The first-order valence-corrected chi connectivity index (χ1v) is 11.4. The smallest absolute Gasteiger partial charge is 0.268 e. The van der Waals surface area contributed by atoms with Crippen molar-refractivity contribution >= 4 is 31.6 Å². The third kappa shape index (κ3) is 3.62. The van der Waals surface area contributed by atoms with Gasteiger partial charge >= 0.3 is 0 Å². The molecule has 7 nitrogen and oxygen atoms in total. The van der Waals surface area contributed by atoms with Gasteiger partial charge in [-0.2, -0.15) is 4.31 Å². The Balaban J connectivity index is 1.46. The molecule has 0 aliphatic carbocycles. The third-order valence-corrected chi connectivity index (χ3v) is 7.97. The summed E-state index contributed by atoms with van der Waals surface area (Å²) < 4.78 is 28.2. The van der Waals surface area contributed by atoms with Gasteiger partial charge in [0, 0.05) is 26.2 Å². The monoisotopic (exact) mass is 418 g/mol. The molecular formula is C19H22N4O3S2. The molecule has 3 heterocycles. The number of aryl methyl sites for hydroxylation is 2. The minimum Gasteiger partial charge on any atom is -0.308 e. The Morgan fingerprint density at radius 3 is 2.64 bits per heavy atom. The van der Waals surface area contributed by atoms with Crippen molar-refractivity contribution in [2.75, 3.05) is 26.2 Å². The lowest BCUT2D eigenvalue weighted by atomic mass is 10.2. The molecule has 2 aromatic heterocycles. The number of fused-ring (bicyclic) bond motifs is 1. The van der Waals surface area contributed by atoms with Gasteiger partial charge in [-0.25, -0.2) is 13.4 Å². The van der Waals surface area contributed by atoms with E-state index in [0.717, 1.165) is 11.1 Å². The fraction of sp³-hybridized carbons (Fsp3) is 0.368. The zero-order chi connectivity index (χ0) is 19.9. The third-order valence-electron chi connectivity index (χ3n) is 5.03. The van der Waals surface area contributed by atoms with Gasteiger partial charge in [-0.05, 0) is 42.5 Å². The van der Waals surface area contributed by atoms with Crippen LogP contribution in [-0.2, 0) is 16.6 Å². The molecular weight excluding hydrogens is 396 g/mol. The second-order valence-corrected chi connectivity index (χ2v) is 9.92. The summed E-state index contributed by atoms with van der Waals surface area (Å²) in [7, 11) is -3.50. The summed E-state index contributed by atoms with van der Waals surface area (Å²) in [6.07, 6.45) is 0. The number of nitrogens with zero attached hydrogens (tertiary/aromatic N) is 3. The van der Waals surface area contributed by atoms with Crippen LogP contribution in [0.15, 0.2) is 39.3 Å². The first kappa shape index (κ1) is 19.3. The summed E-state index contributed by atoms with van der Waals surface area (Å²) in [6.45, 7) is 6.24. The topological polar surface area (TPSA) is 86.4 Å². The maximum absolute atomic E-state index is 13.0. The zero-order valence-electron chi connectivity index (χ0n) is 15.8. The normalized spacial score (nSPS) is 16.6. The van der Waals surface area contributed by atoms with Gasteiger partial charge in [-0.1, -0.05) is 12.1 Å². The number of aromatic nitrogens is 2. The van der Waals surface area contributed by atoms with E-state index in [9.17, 15) is 13.2 Å². The fourth-order valence-corrected chi connectivity index (χ4v) is 5.92. The summed E-state index contributed by atoms with van der Waals surface area (Å²) >= 11 is 1.38. The van der Waals surface area contributed by atoms with Crippen LogP contribution in [0.25, 0.3) is 10.2 Å². The van der Waals surface area contributed by atoms with Crippen molar-refractivity contribution in [1.82, 2.24) is 19.2 Å². The van der Waals surface area contributed by atoms with Gasteiger partial charge in [-0.3, -0.25) is 9.69 Å². The van der Waals surface area contributed by atoms with Gasteiger partial charge in [0.05, 0.1) is 17.0 Å². The molecule has 0 atom stereocenters. The molecule has 28 heavy (non-hydrogen) atoms. The van der Waals surface area contributed by atoms with E-state index >= 15 is 0 Å². The highest BCUT2D eigenvalue weighted by Crippen LogP contribution is 2.23. The Hall–Kier alpha value is -2.07. The molecule has 1 fully saturated rings. The summed E-state index contributed by atoms with van der Waals surface area (Å²) in [4.78, 5) is 22.0. The lowest BCUT2D eigenvalue weighted by molar-refractivity contribution is 0.178. The van der Waals surface area contributed by atoms with E-state index in [1.165, 1.54) is 11.3 Å². The van der Waals surface area contributed by atoms with Gasteiger partial charge in [0.1, 0.15) is 10.5 Å². The predicted octanol–water partition coefficient (Wildman–Crippen LogP) is 2.11. The van der Waals surface area contributed by atoms with Crippen molar-refractivity contribution in [2.45, 2.75) is 25.3 Å². The van der Waals surface area contributed by atoms with Gasteiger partial charge in [0.15, 0.2) is 0 Å². The summed E-state index contributed by atoms with van der Waals surface area (Å²) in [5, 5.41) is 1.85. The van der Waals surface area contributed by atoms with E-state index in [0.29, 0.717) is 53.7 Å². The molecule has 1 N–H and O–H groups in total. The standard InChI is InChI=1S/C19H22N4O3S2/c1-13-3-4-14(2)16(11-13)28(25,26)23-8-6-22(7-9-23)12-17-20-15-5-10-27-18(15)19(24)21-17/h3-5,10-11H,6-9,12H2,1-2H3,(H,20,21,24). The average molecular weight is 419 g/mol. The number of sulfonamides is 1. The van der Waals surface area contributed by atoms with Crippen molar-refractivity contribution in [3.05, 3.63) is 57.0 Å². The Kier molecular flexibility index (Phi) is 5.09. The zero-order valence-corrected chi connectivity index (χ0v) is 17.4. The van der Waals surface area contributed by atoms with Crippen molar-refractivity contribution < 1.29 is 8.42 Å². The SMILES string of the molecule is Cc1ccc(C)c(S(=O)(=O)N2CCN(Cc3nc4ccsc4c(=O)[nH]3)CC2)c1. The Morgan fingerprint density at radius 1 is 1.14 bits per heavy atom. The second kappa shape index (κ2) is 7.40. The molecule has 1 aliphatic heterocycles. The Labute approximate surface area is 167 Å². The average Bonchev–Trinajstić information content (AvgIpc) is 3.13. The minimum absolute atomic E-state index is 0.119. The number of H-pyrrole nitrogens is 1. The molecule has 1 aliphatic rings. The fourth-order valence-electron chi connectivity index (χ4n) is 3.46. The molecule has 3 aromatic rings. The first-order valence-electron chi connectivity index (χ1n) is 9.11. The molecule has 148 valence electrons. The van der Waals surface area contributed by atoms with E-state index in [1.54, 1.807) is 10.4 Å². The summed E-state index contributed by atoms with van der Waals surface area (Å²) in [5.41, 5.74) is 2.28. The highest BCUT2D eigenvalue weighted by atomic mass is 32.2. The number of hydrogen-bond acceptors (Lipinski definition) is 6. The number of hydrogen-bond donors (Lipinski definition) is 1. The van der Waals surface area contributed by atoms with Crippen molar-refractivity contribution in [3.8, 4) is 0 Å². The number of thiophene rings is 1. The molecule has 9 heteroatoms. The molecule has 0 saturated carbocycles. The van der Waals surface area contributed by atoms with Gasteiger partial charge < -0.3 is 4.98 Å².